The number of aromatic nitrogens is 1. The smallest absolute Gasteiger partial charge is 0.141 e. The summed E-state index contributed by atoms with van der Waals surface area (Å²) in [5, 5.41) is 14.9. The lowest BCUT2D eigenvalue weighted by molar-refractivity contribution is 0.628. The number of nitrogens with one attached hydrogen (secondary N) is 1. The Bertz CT molecular complexity index is 994. The zero-order valence-corrected chi connectivity index (χ0v) is 15.8. The van der Waals surface area contributed by atoms with E-state index in [1.54, 1.807) is 6.07 Å². The van der Waals surface area contributed by atoms with Gasteiger partial charge in [0.05, 0.1) is 10.7 Å². The Morgan fingerprint density at radius 2 is 2.16 bits per heavy atom. The van der Waals surface area contributed by atoms with Crippen LogP contribution in [0.4, 0.5) is 10.1 Å². The van der Waals surface area contributed by atoms with E-state index in [1.165, 1.54) is 29.7 Å². The van der Waals surface area contributed by atoms with Crippen LogP contribution in [-0.4, -0.2) is 4.98 Å². The number of halogens is 3. The fourth-order valence-corrected chi connectivity index (χ4v) is 3.44. The van der Waals surface area contributed by atoms with Gasteiger partial charge < -0.3 is 5.32 Å². The lowest BCUT2D eigenvalue weighted by atomic mass is 10.2. The highest BCUT2D eigenvalue weighted by Gasteiger charge is 2.09. The average molecular weight is 435 g/mol. The largest absolute Gasteiger partial charge is 0.360 e. The first-order chi connectivity index (χ1) is 12.1. The fourth-order valence-electron chi connectivity index (χ4n) is 2.06. The molecule has 0 fully saturated rings. The molecule has 0 amide bonds. The summed E-state index contributed by atoms with van der Waals surface area (Å²) in [7, 11) is 0. The van der Waals surface area contributed by atoms with Crippen molar-refractivity contribution >= 4 is 50.1 Å². The zero-order chi connectivity index (χ0) is 17.8. The molecule has 3 aromatic rings. The SMILES string of the molecule is N#C/C(=C/Nc1ccc(F)c(Cl)c1)c1nc(-c2cccc(Br)c2)cs1. The topological polar surface area (TPSA) is 48.7 Å². The van der Waals surface area contributed by atoms with Crippen molar-refractivity contribution in [2.45, 2.75) is 0 Å². The third-order valence-corrected chi connectivity index (χ3v) is 4.94. The summed E-state index contributed by atoms with van der Waals surface area (Å²) < 4.78 is 14.1. The molecular weight excluding hydrogens is 425 g/mol. The quantitative estimate of drug-likeness (QED) is 0.487. The van der Waals surface area contributed by atoms with Gasteiger partial charge in [0, 0.05) is 27.3 Å². The number of thiazole rings is 1. The van der Waals surface area contributed by atoms with Crippen molar-refractivity contribution in [2.75, 3.05) is 5.32 Å². The summed E-state index contributed by atoms with van der Waals surface area (Å²) in [4.78, 5) is 4.52. The van der Waals surface area contributed by atoms with Gasteiger partial charge in [0.15, 0.2) is 0 Å². The molecule has 0 bridgehead atoms. The van der Waals surface area contributed by atoms with Crippen molar-refractivity contribution in [3.63, 3.8) is 0 Å². The average Bonchev–Trinajstić information content (AvgIpc) is 3.08. The summed E-state index contributed by atoms with van der Waals surface area (Å²) in [6, 6.07) is 14.2. The Morgan fingerprint density at radius 1 is 1.32 bits per heavy atom. The summed E-state index contributed by atoms with van der Waals surface area (Å²) in [5.74, 6) is -0.490. The predicted molar refractivity (Wildman–Crippen MR) is 104 cm³/mol. The standard InChI is InChI=1S/C18H10BrClFN3S/c19-13-3-1-2-11(6-13)17-10-25-18(24-17)12(8-22)9-23-14-4-5-16(21)15(20)7-14/h1-7,9-10,23H/b12-9-. The van der Waals surface area contributed by atoms with Crippen LogP contribution in [-0.2, 0) is 0 Å². The summed E-state index contributed by atoms with van der Waals surface area (Å²) >= 11 is 10.6. The first-order valence-electron chi connectivity index (χ1n) is 7.10. The predicted octanol–water partition coefficient (Wildman–Crippen LogP) is 6.34. The van der Waals surface area contributed by atoms with Gasteiger partial charge in [-0.3, -0.25) is 0 Å². The van der Waals surface area contributed by atoms with Gasteiger partial charge in [-0.2, -0.15) is 5.26 Å². The van der Waals surface area contributed by atoms with E-state index in [1.807, 2.05) is 29.6 Å². The van der Waals surface area contributed by atoms with Crippen molar-refractivity contribution in [3.8, 4) is 17.3 Å². The number of benzene rings is 2. The van der Waals surface area contributed by atoms with Crippen LogP contribution in [0.1, 0.15) is 5.01 Å². The zero-order valence-electron chi connectivity index (χ0n) is 12.6. The van der Waals surface area contributed by atoms with Gasteiger partial charge in [0.2, 0.25) is 0 Å². The molecule has 25 heavy (non-hydrogen) atoms. The van der Waals surface area contributed by atoms with E-state index in [9.17, 15) is 9.65 Å². The van der Waals surface area contributed by atoms with Crippen LogP contribution in [0.3, 0.4) is 0 Å². The van der Waals surface area contributed by atoms with E-state index in [4.69, 9.17) is 11.6 Å². The van der Waals surface area contributed by atoms with Crippen LogP contribution in [0, 0.1) is 17.1 Å². The highest BCUT2D eigenvalue weighted by molar-refractivity contribution is 9.10. The number of nitrogens with zero attached hydrogens (tertiary/aromatic N) is 2. The second-order valence-electron chi connectivity index (χ2n) is 4.99. The summed E-state index contributed by atoms with van der Waals surface area (Å²) in [5.41, 5.74) is 2.73. The van der Waals surface area contributed by atoms with Crippen LogP contribution >= 0.6 is 38.9 Å². The minimum atomic E-state index is -0.490. The molecule has 0 saturated heterocycles. The van der Waals surface area contributed by atoms with Crippen molar-refractivity contribution < 1.29 is 4.39 Å². The Labute approximate surface area is 161 Å². The molecule has 2 aromatic carbocycles. The van der Waals surface area contributed by atoms with Crippen molar-refractivity contribution in [2.24, 2.45) is 0 Å². The van der Waals surface area contributed by atoms with Crippen LogP contribution in [0.25, 0.3) is 16.8 Å². The van der Waals surface area contributed by atoms with Crippen molar-refractivity contribution in [1.82, 2.24) is 4.98 Å². The molecule has 3 rings (SSSR count). The maximum atomic E-state index is 13.2. The first kappa shape index (κ1) is 17.6. The molecule has 0 atom stereocenters. The van der Waals surface area contributed by atoms with Crippen LogP contribution in [0.5, 0.6) is 0 Å². The minimum absolute atomic E-state index is 0.0168. The van der Waals surface area contributed by atoms with Gasteiger partial charge in [-0.25, -0.2) is 9.37 Å². The maximum absolute atomic E-state index is 13.2. The molecular formula is C18H10BrClFN3S. The van der Waals surface area contributed by atoms with Gasteiger partial charge in [-0.05, 0) is 30.3 Å². The molecule has 0 spiro atoms. The number of anilines is 1. The third-order valence-electron chi connectivity index (χ3n) is 3.28. The molecule has 1 aromatic heterocycles. The lowest BCUT2D eigenvalue weighted by Gasteiger charge is -2.02. The van der Waals surface area contributed by atoms with E-state index < -0.39 is 5.82 Å². The van der Waals surface area contributed by atoms with Crippen LogP contribution in [0.15, 0.2) is 58.5 Å². The van der Waals surface area contributed by atoms with E-state index in [2.05, 4.69) is 32.3 Å². The fraction of sp³-hybridized carbons (Fsp3) is 0. The normalized spacial score (nSPS) is 11.2. The summed E-state index contributed by atoms with van der Waals surface area (Å²) in [6.45, 7) is 0. The Hall–Kier alpha value is -2.20. The van der Waals surface area contributed by atoms with E-state index in [0.717, 1.165) is 15.7 Å². The second kappa shape index (κ2) is 7.79. The number of nitriles is 1. The van der Waals surface area contributed by atoms with Crippen molar-refractivity contribution in [3.05, 3.63) is 74.4 Å². The van der Waals surface area contributed by atoms with Crippen LogP contribution in [0.2, 0.25) is 5.02 Å². The first-order valence-corrected chi connectivity index (χ1v) is 9.15. The van der Waals surface area contributed by atoms with Gasteiger partial charge in [-0.1, -0.05) is 39.7 Å². The number of rotatable bonds is 4. The molecule has 0 unspecified atom stereocenters. The Kier molecular flexibility index (Phi) is 5.49. The molecule has 124 valence electrons. The number of allylic oxidation sites excluding steroid dienone is 1. The van der Waals surface area contributed by atoms with E-state index >= 15 is 0 Å². The molecule has 1 heterocycles. The van der Waals surface area contributed by atoms with Gasteiger partial charge in [0.1, 0.15) is 22.5 Å². The highest BCUT2D eigenvalue weighted by Crippen LogP contribution is 2.28. The lowest BCUT2D eigenvalue weighted by Crippen LogP contribution is -1.92. The molecule has 3 nitrogen and oxygen atoms in total. The van der Waals surface area contributed by atoms with E-state index in [-0.39, 0.29) is 5.02 Å². The van der Waals surface area contributed by atoms with E-state index in [0.29, 0.717) is 16.3 Å². The molecule has 7 heteroatoms. The third kappa shape index (κ3) is 4.26. The Balaban J connectivity index is 1.84. The molecule has 1 N–H and O–H groups in total. The molecule has 0 saturated carbocycles. The molecule has 0 radical (unpaired) electrons. The second-order valence-corrected chi connectivity index (χ2v) is 7.17. The van der Waals surface area contributed by atoms with Crippen LogP contribution < -0.4 is 5.32 Å². The Morgan fingerprint density at radius 3 is 2.88 bits per heavy atom. The van der Waals surface area contributed by atoms with Gasteiger partial charge in [-0.15, -0.1) is 11.3 Å². The monoisotopic (exact) mass is 433 g/mol. The molecule has 0 aliphatic heterocycles. The molecule has 0 aliphatic carbocycles. The molecule has 0 aliphatic rings. The van der Waals surface area contributed by atoms with Gasteiger partial charge in [0.25, 0.3) is 0 Å². The maximum Gasteiger partial charge on any atom is 0.141 e. The number of hydrogen-bond acceptors (Lipinski definition) is 4. The highest BCUT2D eigenvalue weighted by atomic mass is 79.9. The van der Waals surface area contributed by atoms with Gasteiger partial charge >= 0.3 is 0 Å². The summed E-state index contributed by atoms with van der Waals surface area (Å²) in [6.07, 6.45) is 1.53. The van der Waals surface area contributed by atoms with Crippen molar-refractivity contribution in [1.29, 1.82) is 5.26 Å². The number of hydrogen-bond donors (Lipinski definition) is 1. The minimum Gasteiger partial charge on any atom is -0.360 e.